The molecule has 0 heterocycles. The zero-order valence-electron chi connectivity index (χ0n) is 63.9. The number of phosphoric ester groups is 2. The molecule has 17 nitrogen and oxygen atoms in total. The fourth-order valence-electron chi connectivity index (χ4n) is 9.29. The Balaban J connectivity index is 5.52. The molecule has 0 saturated heterocycles. The van der Waals surface area contributed by atoms with Gasteiger partial charge < -0.3 is 33.8 Å². The first-order valence-corrected chi connectivity index (χ1v) is 41.7. The Hall–Kier alpha value is -6.10. The highest BCUT2D eigenvalue weighted by atomic mass is 31.2. The van der Waals surface area contributed by atoms with Crippen molar-refractivity contribution < 1.29 is 80.2 Å². The standard InChI is InChI=1S/C85H134O17P2/c1-5-9-13-17-21-25-29-33-36-38-39-41-44-47-50-54-58-62-66-70-83(88)95-75-80(101-84(89)71-67-63-59-55-51-45-32-28-24-20-16-12-8-4)77-99-103(91,92)97-73-79(86)74-98-104(93,94)100-78-81(102-85(90)72-68-64-60-56-52-48-42-35-31-27-23-19-15-11-7-3)76-96-82(87)69-65-61-57-53-49-46-43-40-37-34-30-26-22-18-14-10-6-2/h9-11,13-15,21-23,25-28,32-37,39,41-43,46-47,50,52-53,56-57,64,68,79-81,86H,5-8,12,16-20,24,29-31,38,40,44-45,48-49,51,54-55,58-63,65-67,69-78H2,1-4H3,(H,91,92)(H,93,94)/b13-9-,14-10-,15-11-,25-21-,26-22-,27-23-,32-28-,36-33-,37-34-,41-39-,42-35-,46-43-,50-47-,56-52-,57-53-,68-64-. The van der Waals surface area contributed by atoms with E-state index in [4.69, 9.17) is 37.0 Å². The summed E-state index contributed by atoms with van der Waals surface area (Å²) in [5.41, 5.74) is 0. The number of hydrogen-bond donors (Lipinski definition) is 3. The summed E-state index contributed by atoms with van der Waals surface area (Å²) in [7, 11) is -10.0. The smallest absolute Gasteiger partial charge is 0.462 e. The van der Waals surface area contributed by atoms with E-state index in [0.29, 0.717) is 32.1 Å². The average Bonchev–Trinajstić information content (AvgIpc) is 0.939. The molecule has 0 aromatic carbocycles. The van der Waals surface area contributed by atoms with Crippen LogP contribution in [0.3, 0.4) is 0 Å². The zero-order chi connectivity index (χ0) is 76.0. The maximum atomic E-state index is 13.1. The van der Waals surface area contributed by atoms with Crippen LogP contribution in [-0.2, 0) is 65.4 Å². The van der Waals surface area contributed by atoms with E-state index in [1.165, 1.54) is 25.7 Å². The zero-order valence-corrected chi connectivity index (χ0v) is 65.6. The molecule has 0 aromatic heterocycles. The summed E-state index contributed by atoms with van der Waals surface area (Å²) in [4.78, 5) is 72.9. The van der Waals surface area contributed by atoms with Gasteiger partial charge in [0.25, 0.3) is 0 Å². The molecule has 0 fully saturated rings. The third kappa shape index (κ3) is 74.2. The molecular formula is C85H134O17P2. The topological polar surface area (TPSA) is 237 Å². The van der Waals surface area contributed by atoms with Crippen LogP contribution in [0.1, 0.15) is 259 Å². The molecular weight excluding hydrogens is 1350 g/mol. The first kappa shape index (κ1) is 97.9. The lowest BCUT2D eigenvalue weighted by atomic mass is 10.1. The van der Waals surface area contributed by atoms with Crippen LogP contribution in [0.25, 0.3) is 0 Å². The molecule has 0 bridgehead atoms. The molecule has 0 aromatic rings. The van der Waals surface area contributed by atoms with Crippen LogP contribution in [0, 0.1) is 0 Å². The number of carbonyl (C=O) groups is 4. The second kappa shape index (κ2) is 75.1. The molecule has 0 spiro atoms. The van der Waals surface area contributed by atoms with E-state index in [-0.39, 0.29) is 25.7 Å². The molecule has 0 amide bonds. The first-order chi connectivity index (χ1) is 50.7. The van der Waals surface area contributed by atoms with E-state index in [2.05, 4.69) is 186 Å². The lowest BCUT2D eigenvalue weighted by molar-refractivity contribution is -0.161. The van der Waals surface area contributed by atoms with Gasteiger partial charge in [-0.15, -0.1) is 0 Å². The number of allylic oxidation sites excluding steroid dienone is 31. The highest BCUT2D eigenvalue weighted by Gasteiger charge is 2.30. The first-order valence-electron chi connectivity index (χ1n) is 38.7. The predicted octanol–water partition coefficient (Wildman–Crippen LogP) is 22.5. The van der Waals surface area contributed by atoms with E-state index < -0.39 is 97.5 Å². The molecule has 0 aliphatic heterocycles. The summed E-state index contributed by atoms with van der Waals surface area (Å²) in [5, 5.41) is 10.6. The highest BCUT2D eigenvalue weighted by molar-refractivity contribution is 7.47. The van der Waals surface area contributed by atoms with Crippen molar-refractivity contribution in [2.45, 2.75) is 277 Å². The lowest BCUT2D eigenvalue weighted by Gasteiger charge is -2.21. The Morgan fingerprint density at radius 2 is 0.548 bits per heavy atom. The van der Waals surface area contributed by atoms with Crippen molar-refractivity contribution in [3.8, 4) is 0 Å². The Labute approximate surface area is 627 Å². The maximum absolute atomic E-state index is 13.1. The van der Waals surface area contributed by atoms with Gasteiger partial charge in [0.2, 0.25) is 0 Å². The highest BCUT2D eigenvalue weighted by Crippen LogP contribution is 2.45. The second-order valence-corrected chi connectivity index (χ2v) is 27.7. The van der Waals surface area contributed by atoms with Crippen LogP contribution < -0.4 is 0 Å². The van der Waals surface area contributed by atoms with E-state index in [1.807, 2.05) is 24.3 Å². The molecule has 586 valence electrons. The van der Waals surface area contributed by atoms with Gasteiger partial charge in [0, 0.05) is 19.3 Å². The third-order valence-corrected chi connectivity index (χ3v) is 17.0. The Kier molecular flexibility index (Phi) is 70.7. The largest absolute Gasteiger partial charge is 0.472 e. The van der Waals surface area contributed by atoms with Crippen molar-refractivity contribution in [3.63, 3.8) is 0 Å². The van der Waals surface area contributed by atoms with Gasteiger partial charge in [-0.2, -0.15) is 0 Å². The molecule has 104 heavy (non-hydrogen) atoms. The van der Waals surface area contributed by atoms with Gasteiger partial charge in [-0.1, -0.05) is 267 Å². The van der Waals surface area contributed by atoms with E-state index in [9.17, 15) is 43.2 Å². The van der Waals surface area contributed by atoms with Crippen LogP contribution >= 0.6 is 15.6 Å². The van der Waals surface area contributed by atoms with Crippen molar-refractivity contribution in [2.75, 3.05) is 39.6 Å². The van der Waals surface area contributed by atoms with E-state index >= 15 is 0 Å². The van der Waals surface area contributed by atoms with Crippen molar-refractivity contribution in [1.29, 1.82) is 0 Å². The predicted molar refractivity (Wildman–Crippen MR) is 426 cm³/mol. The molecule has 5 unspecified atom stereocenters. The summed E-state index contributed by atoms with van der Waals surface area (Å²) in [6.45, 7) is 4.25. The minimum absolute atomic E-state index is 0.0552. The SMILES string of the molecule is CC/C=C\C/C=C\C/C=C\C/C=C\C/C=C\CCCCCC(=O)OCC(COP(=O)(O)OCC(O)COP(=O)(O)OCC(COC(=O)CCC/C=C\C/C=C\C/C=C\C/C=C\C/C=C\CC)OC(=O)C/C=C\C/C=C\C/C=C\C/C=C\C/C=C\CC)OC(=O)CCCCCCC/C=C\CCCCCC. The quantitative estimate of drug-likeness (QED) is 0.0169. The van der Waals surface area contributed by atoms with Gasteiger partial charge >= 0.3 is 39.5 Å². The van der Waals surface area contributed by atoms with Crippen LogP contribution in [0.2, 0.25) is 0 Å². The number of esters is 4. The fourth-order valence-corrected chi connectivity index (χ4v) is 10.9. The Bertz CT molecular complexity index is 2740. The number of aliphatic hydroxyl groups is 1. The van der Waals surface area contributed by atoms with Crippen LogP contribution in [0.15, 0.2) is 194 Å². The minimum Gasteiger partial charge on any atom is -0.462 e. The van der Waals surface area contributed by atoms with Gasteiger partial charge in [0.15, 0.2) is 12.2 Å². The van der Waals surface area contributed by atoms with E-state index in [0.717, 1.165) is 148 Å². The van der Waals surface area contributed by atoms with Crippen molar-refractivity contribution >= 4 is 39.5 Å². The van der Waals surface area contributed by atoms with Gasteiger partial charge in [-0.25, -0.2) is 9.13 Å². The molecule has 0 aliphatic carbocycles. The summed E-state index contributed by atoms with van der Waals surface area (Å²) in [6.07, 6.45) is 91.8. The molecule has 5 atom stereocenters. The Morgan fingerprint density at radius 1 is 0.288 bits per heavy atom. The molecule has 0 radical (unpaired) electrons. The van der Waals surface area contributed by atoms with Crippen LogP contribution in [0.5, 0.6) is 0 Å². The monoisotopic (exact) mass is 1490 g/mol. The number of phosphoric acid groups is 2. The molecule has 19 heteroatoms. The van der Waals surface area contributed by atoms with Crippen LogP contribution in [-0.4, -0.2) is 96.7 Å². The lowest BCUT2D eigenvalue weighted by Crippen LogP contribution is -2.30. The second-order valence-electron chi connectivity index (χ2n) is 24.8. The van der Waals surface area contributed by atoms with Crippen molar-refractivity contribution in [2.24, 2.45) is 0 Å². The number of rotatable bonds is 70. The average molecular weight is 1490 g/mol. The van der Waals surface area contributed by atoms with E-state index in [1.54, 1.807) is 12.2 Å². The number of unbranched alkanes of at least 4 members (excludes halogenated alkanes) is 13. The molecule has 3 N–H and O–H groups in total. The number of carbonyl (C=O) groups excluding carboxylic acids is 4. The normalized spacial score (nSPS) is 15.0. The fraction of sp³-hybridized carbons (Fsp3) is 0.576. The summed E-state index contributed by atoms with van der Waals surface area (Å²) < 4.78 is 68.3. The molecule has 0 aliphatic rings. The van der Waals surface area contributed by atoms with Gasteiger partial charge in [-0.3, -0.25) is 37.3 Å². The Morgan fingerprint density at radius 3 is 0.913 bits per heavy atom. The van der Waals surface area contributed by atoms with Gasteiger partial charge in [0.05, 0.1) is 32.8 Å². The van der Waals surface area contributed by atoms with Gasteiger partial charge in [0.1, 0.15) is 19.3 Å². The summed E-state index contributed by atoms with van der Waals surface area (Å²) in [6, 6.07) is 0. The van der Waals surface area contributed by atoms with Crippen molar-refractivity contribution in [1.82, 2.24) is 0 Å². The third-order valence-electron chi connectivity index (χ3n) is 15.1. The number of aliphatic hydroxyl groups excluding tert-OH is 1. The van der Waals surface area contributed by atoms with Crippen molar-refractivity contribution in [3.05, 3.63) is 194 Å². The summed E-state index contributed by atoms with van der Waals surface area (Å²) >= 11 is 0. The number of hydrogen-bond acceptors (Lipinski definition) is 15. The van der Waals surface area contributed by atoms with Gasteiger partial charge in [-0.05, 0) is 161 Å². The molecule has 0 rings (SSSR count). The van der Waals surface area contributed by atoms with Crippen LogP contribution in [0.4, 0.5) is 0 Å². The summed E-state index contributed by atoms with van der Waals surface area (Å²) in [5.74, 6) is -2.46. The maximum Gasteiger partial charge on any atom is 0.472 e. The molecule has 0 saturated carbocycles. The number of ether oxygens (including phenoxy) is 4. The minimum atomic E-state index is -5.02.